The Morgan fingerprint density at radius 1 is 1.07 bits per heavy atom. The molecule has 1 heterocycles. The number of nitro benzene ring substituents is 1. The maximum absolute atomic E-state index is 10.7. The van der Waals surface area contributed by atoms with E-state index in [0.717, 1.165) is 5.56 Å². The Labute approximate surface area is 180 Å². The molecule has 0 saturated carbocycles. The minimum atomic E-state index is -0.472. The van der Waals surface area contributed by atoms with Crippen LogP contribution in [0.4, 0.5) is 17.2 Å². The van der Waals surface area contributed by atoms with Gasteiger partial charge < -0.3 is 10.6 Å². The van der Waals surface area contributed by atoms with Gasteiger partial charge in [0.05, 0.1) is 21.5 Å². The number of nitrogens with zero attached hydrogens (tertiary/aromatic N) is 3. The van der Waals surface area contributed by atoms with E-state index in [9.17, 15) is 10.1 Å². The standard InChI is InChI=1S/C17H12Cl3N5O2S/c18-13-6-1-10(7-14(13)19)8-24-9-15(20)16(23-24)22-17(28)21-11-2-4-12(5-3-11)25(26)27/h1-7,9H,8H2,(H2,21,22,23,28). The van der Waals surface area contributed by atoms with Gasteiger partial charge in [-0.3, -0.25) is 14.8 Å². The lowest BCUT2D eigenvalue weighted by molar-refractivity contribution is -0.384. The van der Waals surface area contributed by atoms with Crippen molar-refractivity contribution in [2.24, 2.45) is 0 Å². The maximum Gasteiger partial charge on any atom is 0.269 e. The summed E-state index contributed by atoms with van der Waals surface area (Å²) in [4.78, 5) is 10.2. The Morgan fingerprint density at radius 2 is 1.79 bits per heavy atom. The first-order chi connectivity index (χ1) is 13.3. The minimum Gasteiger partial charge on any atom is -0.332 e. The van der Waals surface area contributed by atoms with Crippen LogP contribution in [0.15, 0.2) is 48.7 Å². The van der Waals surface area contributed by atoms with E-state index in [1.807, 2.05) is 6.07 Å². The first-order valence-electron chi connectivity index (χ1n) is 7.81. The van der Waals surface area contributed by atoms with Crippen molar-refractivity contribution in [3.8, 4) is 0 Å². The third kappa shape index (κ3) is 5.11. The summed E-state index contributed by atoms with van der Waals surface area (Å²) in [5.41, 5.74) is 1.50. The van der Waals surface area contributed by atoms with Gasteiger partial charge >= 0.3 is 0 Å². The van der Waals surface area contributed by atoms with Crippen LogP contribution in [0, 0.1) is 10.1 Å². The minimum absolute atomic E-state index is 0.00600. The van der Waals surface area contributed by atoms with Crippen molar-refractivity contribution in [2.75, 3.05) is 10.6 Å². The van der Waals surface area contributed by atoms with Crippen molar-refractivity contribution in [3.05, 3.63) is 79.4 Å². The predicted octanol–water partition coefficient (Wildman–Crippen LogP) is 5.61. The molecule has 1 aromatic heterocycles. The van der Waals surface area contributed by atoms with Crippen molar-refractivity contribution in [1.29, 1.82) is 0 Å². The number of thiocarbonyl (C=S) groups is 1. The molecule has 2 N–H and O–H groups in total. The monoisotopic (exact) mass is 455 g/mol. The van der Waals surface area contributed by atoms with Crippen molar-refractivity contribution in [3.63, 3.8) is 0 Å². The van der Waals surface area contributed by atoms with E-state index in [0.29, 0.717) is 33.1 Å². The summed E-state index contributed by atoms with van der Waals surface area (Å²) >= 11 is 23.4. The molecule has 0 aliphatic heterocycles. The quantitative estimate of drug-likeness (QED) is 0.295. The summed E-state index contributed by atoms with van der Waals surface area (Å²) in [6.45, 7) is 0.445. The summed E-state index contributed by atoms with van der Waals surface area (Å²) in [6, 6.07) is 11.2. The fourth-order valence-corrected chi connectivity index (χ4v) is 3.06. The van der Waals surface area contributed by atoms with Crippen molar-refractivity contribution < 1.29 is 4.92 Å². The van der Waals surface area contributed by atoms with Crippen LogP contribution in [-0.2, 0) is 6.54 Å². The molecule has 28 heavy (non-hydrogen) atoms. The summed E-state index contributed by atoms with van der Waals surface area (Å²) < 4.78 is 1.64. The van der Waals surface area contributed by atoms with Crippen LogP contribution in [0.2, 0.25) is 15.1 Å². The van der Waals surface area contributed by atoms with Crippen molar-refractivity contribution in [2.45, 2.75) is 6.54 Å². The molecule has 0 bridgehead atoms. The lowest BCUT2D eigenvalue weighted by atomic mass is 10.2. The number of nitrogens with one attached hydrogen (secondary N) is 2. The molecule has 11 heteroatoms. The van der Waals surface area contributed by atoms with E-state index in [2.05, 4.69) is 15.7 Å². The normalized spacial score (nSPS) is 10.5. The van der Waals surface area contributed by atoms with Crippen LogP contribution in [0.25, 0.3) is 0 Å². The zero-order valence-electron chi connectivity index (χ0n) is 14.0. The van der Waals surface area contributed by atoms with Gasteiger partial charge in [-0.15, -0.1) is 0 Å². The van der Waals surface area contributed by atoms with E-state index >= 15 is 0 Å². The molecule has 3 rings (SSSR count). The fraction of sp³-hybridized carbons (Fsp3) is 0.0588. The van der Waals surface area contributed by atoms with Crippen LogP contribution in [0.3, 0.4) is 0 Å². The first kappa shape index (κ1) is 20.3. The van der Waals surface area contributed by atoms with E-state index in [1.165, 1.54) is 12.1 Å². The zero-order chi connectivity index (χ0) is 20.3. The number of rotatable bonds is 5. The van der Waals surface area contributed by atoms with E-state index in [-0.39, 0.29) is 10.8 Å². The topological polar surface area (TPSA) is 85.0 Å². The molecule has 0 atom stereocenters. The highest BCUT2D eigenvalue weighted by atomic mass is 35.5. The second kappa shape index (κ2) is 8.74. The molecule has 0 spiro atoms. The smallest absolute Gasteiger partial charge is 0.269 e. The SMILES string of the molecule is O=[N+]([O-])c1ccc(NC(=S)Nc2nn(Cc3ccc(Cl)c(Cl)c3)cc2Cl)cc1. The molecule has 0 unspecified atom stereocenters. The Hall–Kier alpha value is -2.39. The second-order valence-corrected chi connectivity index (χ2v) is 7.28. The maximum atomic E-state index is 10.7. The van der Waals surface area contributed by atoms with Crippen LogP contribution >= 0.6 is 47.0 Å². The van der Waals surface area contributed by atoms with Crippen LogP contribution in [0.1, 0.15) is 5.56 Å². The predicted molar refractivity (Wildman–Crippen MR) is 116 cm³/mol. The lowest BCUT2D eigenvalue weighted by Gasteiger charge is -2.09. The molecule has 3 aromatic rings. The Kier molecular flexibility index (Phi) is 6.35. The van der Waals surface area contributed by atoms with Gasteiger partial charge in [0, 0.05) is 24.0 Å². The molecule has 144 valence electrons. The van der Waals surface area contributed by atoms with Gasteiger partial charge in [0.1, 0.15) is 5.02 Å². The van der Waals surface area contributed by atoms with Gasteiger partial charge in [0.15, 0.2) is 10.9 Å². The number of hydrogen-bond donors (Lipinski definition) is 2. The average Bonchev–Trinajstić information content (AvgIpc) is 2.97. The number of benzene rings is 2. The molecule has 0 saturated heterocycles. The lowest BCUT2D eigenvalue weighted by Crippen LogP contribution is -2.19. The van der Waals surface area contributed by atoms with Crippen LogP contribution in [-0.4, -0.2) is 19.8 Å². The number of hydrogen-bond acceptors (Lipinski definition) is 4. The van der Waals surface area contributed by atoms with Crippen molar-refractivity contribution in [1.82, 2.24) is 9.78 Å². The van der Waals surface area contributed by atoms with Gasteiger partial charge in [-0.05, 0) is 42.0 Å². The molecular weight excluding hydrogens is 445 g/mol. The third-order valence-electron chi connectivity index (χ3n) is 3.61. The fourth-order valence-electron chi connectivity index (χ4n) is 2.32. The van der Waals surface area contributed by atoms with Crippen LogP contribution in [0.5, 0.6) is 0 Å². The highest BCUT2D eigenvalue weighted by Crippen LogP contribution is 2.24. The highest BCUT2D eigenvalue weighted by molar-refractivity contribution is 7.80. The summed E-state index contributed by atoms with van der Waals surface area (Å²) in [7, 11) is 0. The molecule has 0 aliphatic rings. The first-order valence-corrected chi connectivity index (χ1v) is 9.35. The Balaban J connectivity index is 1.64. The number of anilines is 2. The van der Waals surface area contributed by atoms with E-state index in [4.69, 9.17) is 47.0 Å². The van der Waals surface area contributed by atoms with Gasteiger partial charge in [-0.25, -0.2) is 0 Å². The molecule has 0 amide bonds. The summed E-state index contributed by atoms with van der Waals surface area (Å²) in [5.74, 6) is 0.376. The third-order valence-corrected chi connectivity index (χ3v) is 4.83. The number of non-ortho nitro benzene ring substituents is 1. The van der Waals surface area contributed by atoms with E-state index in [1.54, 1.807) is 35.1 Å². The average molecular weight is 457 g/mol. The van der Waals surface area contributed by atoms with Crippen molar-refractivity contribution >= 4 is 69.3 Å². The Morgan fingerprint density at radius 3 is 2.43 bits per heavy atom. The van der Waals surface area contributed by atoms with Gasteiger partial charge in [-0.2, -0.15) is 5.10 Å². The zero-order valence-corrected chi connectivity index (χ0v) is 17.1. The molecule has 7 nitrogen and oxygen atoms in total. The molecule has 0 fully saturated rings. The van der Waals surface area contributed by atoms with Gasteiger partial charge in [0.2, 0.25) is 0 Å². The molecule has 0 aliphatic carbocycles. The Bertz CT molecular complexity index is 1040. The van der Waals surface area contributed by atoms with Gasteiger partial charge in [0.25, 0.3) is 5.69 Å². The van der Waals surface area contributed by atoms with E-state index < -0.39 is 4.92 Å². The number of aromatic nitrogens is 2. The van der Waals surface area contributed by atoms with Gasteiger partial charge in [-0.1, -0.05) is 40.9 Å². The summed E-state index contributed by atoms with van der Waals surface area (Å²) in [5, 5.41) is 22.4. The van der Waals surface area contributed by atoms with Crippen LogP contribution < -0.4 is 10.6 Å². The summed E-state index contributed by atoms with van der Waals surface area (Å²) in [6.07, 6.45) is 1.65. The molecule has 0 radical (unpaired) electrons. The molecule has 2 aromatic carbocycles. The largest absolute Gasteiger partial charge is 0.332 e. The number of halogens is 3. The number of nitro groups is 1. The molecular formula is C17H12Cl3N5O2S. The highest BCUT2D eigenvalue weighted by Gasteiger charge is 2.11. The second-order valence-electron chi connectivity index (χ2n) is 5.65.